The summed E-state index contributed by atoms with van der Waals surface area (Å²) in [6.45, 7) is -0.795. The first-order valence-electron chi connectivity index (χ1n) is 9.16. The number of ketones is 1. The second-order valence-corrected chi connectivity index (χ2v) is 7.65. The molecule has 0 radical (unpaired) electrons. The molecular weight excluding hydrogens is 465 g/mol. The molecule has 0 aliphatic carbocycles. The highest BCUT2D eigenvalue weighted by molar-refractivity contribution is 6.36. The van der Waals surface area contributed by atoms with E-state index in [9.17, 15) is 29.3 Å². The van der Waals surface area contributed by atoms with E-state index >= 15 is 0 Å². The Morgan fingerprint density at radius 1 is 1.19 bits per heavy atom. The minimum Gasteiger partial charge on any atom is -0.457 e. The molecule has 2 aromatic rings. The van der Waals surface area contributed by atoms with Crippen LogP contribution in [-0.4, -0.2) is 46.7 Å². The number of nitro benzene ring substituents is 1. The van der Waals surface area contributed by atoms with Crippen LogP contribution in [0.3, 0.4) is 0 Å². The SMILES string of the molecule is O=C(COC(=O)C1CC(=O)N(NC(=O)c2ccc(Cl)cc2Cl)C1)c1cccc([N+](=O)[O-])c1. The van der Waals surface area contributed by atoms with Crippen molar-refractivity contribution in [3.63, 3.8) is 0 Å². The first-order chi connectivity index (χ1) is 15.2. The zero-order valence-electron chi connectivity index (χ0n) is 16.2. The summed E-state index contributed by atoms with van der Waals surface area (Å²) in [5, 5.41) is 12.2. The van der Waals surface area contributed by atoms with E-state index in [4.69, 9.17) is 27.9 Å². The number of nitrogens with zero attached hydrogens (tertiary/aromatic N) is 2. The number of nitrogens with one attached hydrogen (secondary N) is 1. The summed E-state index contributed by atoms with van der Waals surface area (Å²) in [5.41, 5.74) is 2.22. The molecule has 166 valence electrons. The van der Waals surface area contributed by atoms with Crippen LogP contribution < -0.4 is 5.43 Å². The number of carbonyl (C=O) groups is 4. The molecular formula is C20H15Cl2N3O7. The third kappa shape index (κ3) is 5.40. The molecule has 1 unspecified atom stereocenters. The van der Waals surface area contributed by atoms with E-state index < -0.39 is 41.0 Å². The van der Waals surface area contributed by atoms with E-state index in [2.05, 4.69) is 5.43 Å². The summed E-state index contributed by atoms with van der Waals surface area (Å²) >= 11 is 11.8. The number of hydrogen-bond donors (Lipinski definition) is 1. The molecule has 1 heterocycles. The van der Waals surface area contributed by atoms with Crippen LogP contribution in [0.5, 0.6) is 0 Å². The van der Waals surface area contributed by atoms with Crippen LogP contribution in [0.15, 0.2) is 42.5 Å². The number of hydrazine groups is 1. The van der Waals surface area contributed by atoms with Crippen molar-refractivity contribution in [2.45, 2.75) is 6.42 Å². The number of ether oxygens (including phenoxy) is 1. The third-order valence-electron chi connectivity index (χ3n) is 4.60. The standard InChI is InChI=1S/C20H15Cl2N3O7/c21-13-4-5-15(16(22)8-13)19(28)23-24-9-12(7-18(24)27)20(29)32-10-17(26)11-2-1-3-14(6-11)25(30)31/h1-6,8,12H,7,9-10H2,(H,23,28). The quantitative estimate of drug-likeness (QED) is 0.279. The van der Waals surface area contributed by atoms with Gasteiger partial charge in [0.05, 0.1) is 28.0 Å². The molecule has 3 rings (SSSR count). The van der Waals surface area contributed by atoms with Crippen molar-refractivity contribution in [3.05, 3.63) is 73.8 Å². The number of carbonyl (C=O) groups excluding carboxylic acids is 4. The highest BCUT2D eigenvalue weighted by Gasteiger charge is 2.37. The molecule has 1 aliphatic rings. The van der Waals surface area contributed by atoms with Gasteiger partial charge in [-0.3, -0.25) is 39.7 Å². The van der Waals surface area contributed by atoms with E-state index in [1.165, 1.54) is 36.4 Å². The molecule has 0 bridgehead atoms. The fourth-order valence-electron chi connectivity index (χ4n) is 2.96. The number of esters is 1. The number of benzene rings is 2. The molecule has 2 amide bonds. The number of non-ortho nitro benzene ring substituents is 1. The van der Waals surface area contributed by atoms with Crippen molar-refractivity contribution in [3.8, 4) is 0 Å². The molecule has 1 atom stereocenters. The molecule has 12 heteroatoms. The van der Waals surface area contributed by atoms with Gasteiger partial charge in [-0.05, 0) is 18.2 Å². The Hall–Kier alpha value is -3.50. The van der Waals surface area contributed by atoms with E-state index in [1.807, 2.05) is 0 Å². The van der Waals surface area contributed by atoms with Crippen molar-refractivity contribution in [1.29, 1.82) is 0 Å². The van der Waals surface area contributed by atoms with Gasteiger partial charge < -0.3 is 4.74 Å². The molecule has 1 N–H and O–H groups in total. The predicted molar refractivity (Wildman–Crippen MR) is 112 cm³/mol. The highest BCUT2D eigenvalue weighted by Crippen LogP contribution is 2.22. The van der Waals surface area contributed by atoms with Crippen LogP contribution in [0.4, 0.5) is 5.69 Å². The van der Waals surface area contributed by atoms with Crippen LogP contribution in [0.1, 0.15) is 27.1 Å². The molecule has 1 saturated heterocycles. The normalized spacial score (nSPS) is 15.4. The first-order valence-corrected chi connectivity index (χ1v) is 9.92. The van der Waals surface area contributed by atoms with Gasteiger partial charge in [-0.1, -0.05) is 35.3 Å². The van der Waals surface area contributed by atoms with Crippen LogP contribution in [0.2, 0.25) is 10.0 Å². The largest absolute Gasteiger partial charge is 0.457 e. The van der Waals surface area contributed by atoms with E-state index in [0.717, 1.165) is 11.1 Å². The fourth-order valence-corrected chi connectivity index (χ4v) is 3.46. The molecule has 1 aliphatic heterocycles. The first kappa shape index (κ1) is 23.2. The summed E-state index contributed by atoms with van der Waals surface area (Å²) in [6.07, 6.45) is -0.224. The van der Waals surface area contributed by atoms with Gasteiger partial charge in [0.1, 0.15) is 0 Å². The maximum atomic E-state index is 12.4. The minimum atomic E-state index is -0.901. The zero-order chi connectivity index (χ0) is 23.4. The maximum Gasteiger partial charge on any atom is 0.311 e. The van der Waals surface area contributed by atoms with Crippen LogP contribution in [0, 0.1) is 16.0 Å². The second-order valence-electron chi connectivity index (χ2n) is 6.81. The summed E-state index contributed by atoms with van der Waals surface area (Å²) in [5.74, 6) is -3.51. The van der Waals surface area contributed by atoms with Crippen LogP contribution in [0.25, 0.3) is 0 Å². The Morgan fingerprint density at radius 3 is 2.62 bits per heavy atom. The minimum absolute atomic E-state index is 0.0169. The Morgan fingerprint density at radius 2 is 1.94 bits per heavy atom. The average molecular weight is 480 g/mol. The molecule has 1 fully saturated rings. The summed E-state index contributed by atoms with van der Waals surface area (Å²) < 4.78 is 4.98. The third-order valence-corrected chi connectivity index (χ3v) is 5.14. The number of nitro groups is 1. The Bertz CT molecular complexity index is 1120. The van der Waals surface area contributed by atoms with Gasteiger partial charge in [-0.25, -0.2) is 0 Å². The molecule has 10 nitrogen and oxygen atoms in total. The van der Waals surface area contributed by atoms with Crippen molar-refractivity contribution in [1.82, 2.24) is 10.4 Å². The molecule has 32 heavy (non-hydrogen) atoms. The maximum absolute atomic E-state index is 12.4. The zero-order valence-corrected chi connectivity index (χ0v) is 17.8. The summed E-state index contributed by atoms with van der Waals surface area (Å²) in [4.78, 5) is 59.2. The van der Waals surface area contributed by atoms with Crippen LogP contribution >= 0.6 is 23.2 Å². The van der Waals surface area contributed by atoms with Gasteiger partial charge in [0, 0.05) is 29.1 Å². The van der Waals surface area contributed by atoms with E-state index in [1.54, 1.807) is 0 Å². The number of halogens is 2. The predicted octanol–water partition coefficient (Wildman–Crippen LogP) is 2.82. The lowest BCUT2D eigenvalue weighted by atomic mass is 10.1. The molecule has 2 aromatic carbocycles. The lowest BCUT2D eigenvalue weighted by molar-refractivity contribution is -0.384. The van der Waals surface area contributed by atoms with Crippen molar-refractivity contribution in [2.24, 2.45) is 5.92 Å². The van der Waals surface area contributed by atoms with Gasteiger partial charge in [-0.2, -0.15) is 0 Å². The Balaban J connectivity index is 1.55. The van der Waals surface area contributed by atoms with Crippen molar-refractivity contribution in [2.75, 3.05) is 13.2 Å². The van der Waals surface area contributed by atoms with Gasteiger partial charge in [0.2, 0.25) is 11.7 Å². The monoisotopic (exact) mass is 479 g/mol. The number of amides is 2. The van der Waals surface area contributed by atoms with Gasteiger partial charge in [0.25, 0.3) is 11.6 Å². The Labute approximate surface area is 191 Å². The lowest BCUT2D eigenvalue weighted by Gasteiger charge is -2.18. The number of Topliss-reactive ketones (excluding diaryl/α,β-unsaturated/α-hetero) is 1. The van der Waals surface area contributed by atoms with Crippen molar-refractivity contribution < 1.29 is 28.8 Å². The summed E-state index contributed by atoms with van der Waals surface area (Å²) in [7, 11) is 0. The molecule has 0 spiro atoms. The topological polar surface area (TPSA) is 136 Å². The molecule has 0 aromatic heterocycles. The number of hydrogen-bond acceptors (Lipinski definition) is 7. The van der Waals surface area contributed by atoms with E-state index in [0.29, 0.717) is 5.02 Å². The van der Waals surface area contributed by atoms with Crippen LogP contribution in [-0.2, 0) is 14.3 Å². The van der Waals surface area contributed by atoms with Crippen molar-refractivity contribution >= 4 is 52.5 Å². The second kappa shape index (κ2) is 9.75. The van der Waals surface area contributed by atoms with Gasteiger partial charge in [0.15, 0.2) is 6.61 Å². The van der Waals surface area contributed by atoms with Gasteiger partial charge >= 0.3 is 5.97 Å². The van der Waals surface area contributed by atoms with Gasteiger partial charge in [-0.15, -0.1) is 0 Å². The Kier molecular flexibility index (Phi) is 7.06. The smallest absolute Gasteiger partial charge is 0.311 e. The van der Waals surface area contributed by atoms with E-state index in [-0.39, 0.29) is 34.8 Å². The number of rotatable bonds is 7. The average Bonchev–Trinajstić information content (AvgIpc) is 3.12. The fraction of sp³-hybridized carbons (Fsp3) is 0.200. The highest BCUT2D eigenvalue weighted by atomic mass is 35.5. The lowest BCUT2D eigenvalue weighted by Crippen LogP contribution is -2.43. The summed E-state index contributed by atoms with van der Waals surface area (Å²) in [6, 6.07) is 9.25. The molecule has 0 saturated carbocycles.